The van der Waals surface area contributed by atoms with E-state index in [1.165, 1.54) is 24.3 Å². The van der Waals surface area contributed by atoms with Gasteiger partial charge in [0.1, 0.15) is 5.60 Å². The first-order chi connectivity index (χ1) is 8.89. The first-order valence-corrected chi connectivity index (χ1v) is 6.19. The zero-order valence-electron chi connectivity index (χ0n) is 11.4. The molecule has 0 radical (unpaired) electrons. The Bertz CT molecular complexity index is 537. The molecule has 3 nitrogen and oxygen atoms in total. The van der Waals surface area contributed by atoms with Crippen molar-refractivity contribution in [3.63, 3.8) is 0 Å². The summed E-state index contributed by atoms with van der Waals surface area (Å²) in [6, 6.07) is 7.54. The van der Waals surface area contributed by atoms with Crippen molar-refractivity contribution in [2.24, 2.45) is 0 Å². The predicted octanol–water partition coefficient (Wildman–Crippen LogP) is 2.45. The highest BCUT2D eigenvalue weighted by molar-refractivity contribution is 6.00. The van der Waals surface area contributed by atoms with Crippen molar-refractivity contribution in [2.45, 2.75) is 25.0 Å². The molecule has 100 valence electrons. The number of hydrogen-bond acceptors (Lipinski definition) is 3. The lowest BCUT2D eigenvalue weighted by Gasteiger charge is -2.32. The van der Waals surface area contributed by atoms with Gasteiger partial charge in [0.2, 0.25) is 0 Å². The van der Waals surface area contributed by atoms with Crippen molar-refractivity contribution in [1.29, 1.82) is 0 Å². The van der Waals surface area contributed by atoms with Crippen molar-refractivity contribution in [3.8, 4) is 0 Å². The molecule has 1 N–H and O–H groups in total. The maximum Gasteiger partial charge on any atom is 0.178 e. The molecule has 0 spiro atoms. The highest BCUT2D eigenvalue weighted by Crippen LogP contribution is 2.36. The number of rotatable bonds is 3. The van der Waals surface area contributed by atoms with E-state index >= 15 is 0 Å². The van der Waals surface area contributed by atoms with Gasteiger partial charge in [0.15, 0.2) is 5.78 Å². The standard InChI is InChI=1S/C16H18O3/c1-15(2,19-3)13-6-4-5-7-14(13)16(18)10-8-12(17)9-11-16/h4-11,18H,1-3H3. The lowest BCUT2D eigenvalue weighted by Crippen LogP contribution is -2.30. The lowest BCUT2D eigenvalue weighted by molar-refractivity contribution is -0.110. The van der Waals surface area contributed by atoms with Crippen LogP contribution in [0.2, 0.25) is 0 Å². The van der Waals surface area contributed by atoms with Crippen LogP contribution in [-0.4, -0.2) is 18.0 Å². The summed E-state index contributed by atoms with van der Waals surface area (Å²) in [5, 5.41) is 10.7. The number of aliphatic hydroxyl groups is 1. The summed E-state index contributed by atoms with van der Waals surface area (Å²) < 4.78 is 5.50. The molecule has 3 heteroatoms. The number of methoxy groups -OCH3 is 1. The molecule has 1 aromatic carbocycles. The van der Waals surface area contributed by atoms with Gasteiger partial charge in [-0.25, -0.2) is 0 Å². The third-order valence-electron chi connectivity index (χ3n) is 3.52. The molecule has 1 aromatic rings. The maximum absolute atomic E-state index is 11.2. The van der Waals surface area contributed by atoms with Gasteiger partial charge in [-0.1, -0.05) is 24.3 Å². The summed E-state index contributed by atoms with van der Waals surface area (Å²) >= 11 is 0. The zero-order chi connectivity index (χ0) is 14.1. The number of benzene rings is 1. The van der Waals surface area contributed by atoms with Crippen molar-refractivity contribution in [2.75, 3.05) is 7.11 Å². The minimum atomic E-state index is -1.26. The third-order valence-corrected chi connectivity index (χ3v) is 3.52. The fourth-order valence-corrected chi connectivity index (χ4v) is 2.18. The second-order valence-electron chi connectivity index (χ2n) is 5.15. The molecule has 0 saturated carbocycles. The normalized spacial score (nSPS) is 17.8. The van der Waals surface area contributed by atoms with E-state index in [2.05, 4.69) is 0 Å². The summed E-state index contributed by atoms with van der Waals surface area (Å²) in [4.78, 5) is 11.2. The molecule has 1 aliphatic rings. The van der Waals surface area contributed by atoms with Gasteiger partial charge in [-0.2, -0.15) is 0 Å². The van der Waals surface area contributed by atoms with E-state index in [1.807, 2.05) is 38.1 Å². The second kappa shape index (κ2) is 4.76. The van der Waals surface area contributed by atoms with E-state index < -0.39 is 11.2 Å². The molecule has 0 aliphatic heterocycles. The van der Waals surface area contributed by atoms with Crippen LogP contribution in [0.4, 0.5) is 0 Å². The molecule has 0 unspecified atom stereocenters. The number of hydrogen-bond donors (Lipinski definition) is 1. The summed E-state index contributed by atoms with van der Waals surface area (Å²) in [6.07, 6.45) is 5.80. The topological polar surface area (TPSA) is 46.5 Å². The second-order valence-corrected chi connectivity index (χ2v) is 5.15. The van der Waals surface area contributed by atoms with Crippen LogP contribution in [0.1, 0.15) is 25.0 Å². The summed E-state index contributed by atoms with van der Waals surface area (Å²) in [7, 11) is 1.64. The smallest absolute Gasteiger partial charge is 0.178 e. The van der Waals surface area contributed by atoms with Crippen molar-refractivity contribution >= 4 is 5.78 Å². The Kier molecular flexibility index (Phi) is 3.43. The summed E-state index contributed by atoms with van der Waals surface area (Å²) in [6.45, 7) is 3.88. The molecule has 0 bridgehead atoms. The van der Waals surface area contributed by atoms with Crippen molar-refractivity contribution in [3.05, 3.63) is 59.7 Å². The van der Waals surface area contributed by atoms with E-state index in [9.17, 15) is 9.90 Å². The minimum Gasteiger partial charge on any atom is -0.377 e. The van der Waals surface area contributed by atoms with Crippen LogP contribution < -0.4 is 0 Å². The molecule has 0 atom stereocenters. The minimum absolute atomic E-state index is 0.117. The third kappa shape index (κ3) is 2.53. The van der Waals surface area contributed by atoms with Gasteiger partial charge in [0.25, 0.3) is 0 Å². The molecule has 0 heterocycles. The maximum atomic E-state index is 11.2. The van der Waals surface area contributed by atoms with E-state index in [0.29, 0.717) is 0 Å². The Morgan fingerprint density at radius 1 is 1.16 bits per heavy atom. The quantitative estimate of drug-likeness (QED) is 0.905. The number of carbonyl (C=O) groups is 1. The van der Waals surface area contributed by atoms with Gasteiger partial charge in [-0.3, -0.25) is 4.79 Å². The molecule has 0 fully saturated rings. The van der Waals surface area contributed by atoms with Gasteiger partial charge in [-0.15, -0.1) is 0 Å². The Balaban J connectivity index is 2.55. The van der Waals surface area contributed by atoms with E-state index in [0.717, 1.165) is 11.1 Å². The van der Waals surface area contributed by atoms with Gasteiger partial charge in [-0.05, 0) is 49.3 Å². The van der Waals surface area contributed by atoms with Crippen LogP contribution in [-0.2, 0) is 20.7 Å². The molecule has 2 rings (SSSR count). The number of ketones is 1. The molecule has 1 aliphatic carbocycles. The largest absolute Gasteiger partial charge is 0.377 e. The highest BCUT2D eigenvalue weighted by atomic mass is 16.5. The fourth-order valence-electron chi connectivity index (χ4n) is 2.18. The van der Waals surface area contributed by atoms with Gasteiger partial charge in [0.05, 0.1) is 5.60 Å². The van der Waals surface area contributed by atoms with Crippen LogP contribution in [0.3, 0.4) is 0 Å². The summed E-state index contributed by atoms with van der Waals surface area (Å²) in [5.74, 6) is -0.117. The molecule has 19 heavy (non-hydrogen) atoms. The van der Waals surface area contributed by atoms with Gasteiger partial charge < -0.3 is 9.84 Å². The first-order valence-electron chi connectivity index (χ1n) is 6.19. The Hall–Kier alpha value is -1.71. The lowest BCUT2D eigenvalue weighted by atomic mass is 9.81. The monoisotopic (exact) mass is 258 g/mol. The average molecular weight is 258 g/mol. The van der Waals surface area contributed by atoms with Crippen LogP contribution in [0.5, 0.6) is 0 Å². The van der Waals surface area contributed by atoms with Crippen LogP contribution >= 0.6 is 0 Å². The summed E-state index contributed by atoms with van der Waals surface area (Å²) in [5.41, 5.74) is -0.166. The average Bonchev–Trinajstić information content (AvgIpc) is 2.42. The molecule has 0 aromatic heterocycles. The number of ether oxygens (including phenoxy) is 1. The van der Waals surface area contributed by atoms with E-state index in [4.69, 9.17) is 4.74 Å². The predicted molar refractivity (Wildman–Crippen MR) is 73.7 cm³/mol. The van der Waals surface area contributed by atoms with Crippen molar-refractivity contribution < 1.29 is 14.6 Å². The van der Waals surface area contributed by atoms with Gasteiger partial charge in [0, 0.05) is 7.11 Å². The van der Waals surface area contributed by atoms with E-state index in [1.54, 1.807) is 7.11 Å². The van der Waals surface area contributed by atoms with Crippen molar-refractivity contribution in [1.82, 2.24) is 0 Å². The fraction of sp³-hybridized carbons (Fsp3) is 0.312. The number of allylic oxidation sites excluding steroid dienone is 2. The molecule has 0 amide bonds. The number of carbonyl (C=O) groups excluding carboxylic acids is 1. The SMILES string of the molecule is COC(C)(C)c1ccccc1C1(O)C=CC(=O)C=C1. The molecule has 0 saturated heterocycles. The first kappa shape index (κ1) is 13.7. The Morgan fingerprint density at radius 2 is 1.74 bits per heavy atom. The Labute approximate surface area is 113 Å². The van der Waals surface area contributed by atoms with Crippen LogP contribution in [0, 0.1) is 0 Å². The zero-order valence-corrected chi connectivity index (χ0v) is 11.4. The van der Waals surface area contributed by atoms with E-state index in [-0.39, 0.29) is 5.78 Å². The van der Waals surface area contributed by atoms with Crippen LogP contribution in [0.15, 0.2) is 48.6 Å². The highest BCUT2D eigenvalue weighted by Gasteiger charge is 2.33. The molecular formula is C16H18O3. The molecular weight excluding hydrogens is 240 g/mol. The Morgan fingerprint density at radius 3 is 2.32 bits per heavy atom. The van der Waals surface area contributed by atoms with Gasteiger partial charge >= 0.3 is 0 Å². The van der Waals surface area contributed by atoms with Crippen LogP contribution in [0.25, 0.3) is 0 Å².